The number of hydrogen-bond donors (Lipinski definition) is 2. The molecular formula is C22H37N5O2. The normalized spacial score (nSPS) is 17.3. The molecule has 0 aromatic heterocycles. The first-order valence-electron chi connectivity index (χ1n) is 10.5. The Morgan fingerprint density at radius 2 is 2.07 bits per heavy atom. The Kier molecular flexibility index (Phi) is 9.25. The van der Waals surface area contributed by atoms with E-state index in [2.05, 4.69) is 38.7 Å². The number of hydrogen-bond acceptors (Lipinski definition) is 4. The standard InChI is InChI=1S/C22H37N5O2/c1-17-9-10-18(16-20(17)29-5)11-13-25-22(23-2)24-12-7-15-27-14-6-8-19(27)21(28)26(3)4/h9-10,16,19H,6-8,11-15H2,1-5H3,(H2,23,24,25). The molecule has 162 valence electrons. The lowest BCUT2D eigenvalue weighted by atomic mass is 10.1. The molecule has 29 heavy (non-hydrogen) atoms. The molecule has 0 radical (unpaired) electrons. The van der Waals surface area contributed by atoms with Gasteiger partial charge in [0.25, 0.3) is 0 Å². The lowest BCUT2D eigenvalue weighted by molar-refractivity contribution is -0.133. The van der Waals surface area contributed by atoms with Crippen molar-refractivity contribution in [2.75, 3.05) is 54.4 Å². The molecule has 0 aliphatic carbocycles. The van der Waals surface area contributed by atoms with Gasteiger partial charge in [-0.05, 0) is 56.3 Å². The Morgan fingerprint density at radius 3 is 2.76 bits per heavy atom. The second-order valence-electron chi connectivity index (χ2n) is 7.76. The summed E-state index contributed by atoms with van der Waals surface area (Å²) in [6.07, 6.45) is 3.95. The van der Waals surface area contributed by atoms with Crippen LogP contribution in [0.4, 0.5) is 0 Å². The number of carbonyl (C=O) groups excluding carboxylic acids is 1. The molecule has 1 atom stereocenters. The highest BCUT2D eigenvalue weighted by Crippen LogP contribution is 2.19. The largest absolute Gasteiger partial charge is 0.496 e. The van der Waals surface area contributed by atoms with Crippen LogP contribution in [0, 0.1) is 6.92 Å². The number of amides is 1. The van der Waals surface area contributed by atoms with Crippen LogP contribution >= 0.6 is 0 Å². The van der Waals surface area contributed by atoms with Gasteiger partial charge in [-0.1, -0.05) is 12.1 Å². The fraction of sp³-hybridized carbons (Fsp3) is 0.636. The maximum Gasteiger partial charge on any atom is 0.239 e. The van der Waals surface area contributed by atoms with Crippen LogP contribution < -0.4 is 15.4 Å². The molecule has 7 heteroatoms. The number of benzene rings is 1. The minimum absolute atomic E-state index is 0.0499. The van der Waals surface area contributed by atoms with Crippen molar-refractivity contribution in [3.05, 3.63) is 29.3 Å². The number of guanidine groups is 1. The molecule has 2 N–H and O–H groups in total. The molecule has 0 saturated carbocycles. The number of likely N-dealkylation sites (N-methyl/N-ethyl adjacent to an activating group) is 1. The summed E-state index contributed by atoms with van der Waals surface area (Å²) >= 11 is 0. The van der Waals surface area contributed by atoms with Gasteiger partial charge in [0.2, 0.25) is 5.91 Å². The van der Waals surface area contributed by atoms with Gasteiger partial charge in [-0.2, -0.15) is 0 Å². The van der Waals surface area contributed by atoms with Gasteiger partial charge < -0.3 is 20.3 Å². The molecule has 1 fully saturated rings. The van der Waals surface area contributed by atoms with Crippen molar-refractivity contribution in [2.45, 2.75) is 38.6 Å². The van der Waals surface area contributed by atoms with Crippen LogP contribution in [-0.4, -0.2) is 82.1 Å². The van der Waals surface area contributed by atoms with E-state index in [1.807, 2.05) is 21.0 Å². The number of aryl methyl sites for hydroxylation is 1. The molecule has 7 nitrogen and oxygen atoms in total. The number of aliphatic imine (C=N–C) groups is 1. The number of nitrogens with zero attached hydrogens (tertiary/aromatic N) is 3. The van der Waals surface area contributed by atoms with E-state index in [0.29, 0.717) is 0 Å². The van der Waals surface area contributed by atoms with Crippen LogP contribution in [0.25, 0.3) is 0 Å². The van der Waals surface area contributed by atoms with Crippen molar-refractivity contribution < 1.29 is 9.53 Å². The van der Waals surface area contributed by atoms with Crippen molar-refractivity contribution in [3.63, 3.8) is 0 Å². The zero-order valence-electron chi connectivity index (χ0n) is 18.6. The van der Waals surface area contributed by atoms with Gasteiger partial charge in [-0.15, -0.1) is 0 Å². The minimum Gasteiger partial charge on any atom is -0.496 e. The molecule has 1 aliphatic heterocycles. The first-order valence-corrected chi connectivity index (χ1v) is 10.5. The molecule has 0 spiro atoms. The van der Waals surface area contributed by atoms with Crippen LogP contribution in [0.3, 0.4) is 0 Å². The average molecular weight is 404 g/mol. The summed E-state index contributed by atoms with van der Waals surface area (Å²) in [4.78, 5) is 20.6. The third-order valence-electron chi connectivity index (χ3n) is 5.41. The van der Waals surface area contributed by atoms with Crippen LogP contribution in [0.5, 0.6) is 5.75 Å². The summed E-state index contributed by atoms with van der Waals surface area (Å²) < 4.78 is 5.39. The molecule has 1 unspecified atom stereocenters. The van der Waals surface area contributed by atoms with Crippen molar-refractivity contribution in [1.82, 2.24) is 20.4 Å². The van der Waals surface area contributed by atoms with Gasteiger partial charge >= 0.3 is 0 Å². The Hall–Kier alpha value is -2.28. The summed E-state index contributed by atoms with van der Waals surface area (Å²) in [7, 11) is 7.17. The predicted molar refractivity (Wildman–Crippen MR) is 119 cm³/mol. The van der Waals surface area contributed by atoms with Crippen molar-refractivity contribution in [3.8, 4) is 5.75 Å². The number of likely N-dealkylation sites (tertiary alicyclic amines) is 1. The fourth-order valence-corrected chi connectivity index (χ4v) is 3.73. The van der Waals surface area contributed by atoms with Crippen LogP contribution in [0.1, 0.15) is 30.4 Å². The SMILES string of the molecule is CN=C(NCCCN1CCCC1C(=O)N(C)C)NCCc1ccc(C)c(OC)c1. The zero-order valence-corrected chi connectivity index (χ0v) is 18.6. The van der Waals surface area contributed by atoms with Gasteiger partial charge in [0.05, 0.1) is 13.2 Å². The van der Waals surface area contributed by atoms with E-state index in [9.17, 15) is 4.79 Å². The van der Waals surface area contributed by atoms with E-state index in [1.54, 1.807) is 19.1 Å². The summed E-state index contributed by atoms with van der Waals surface area (Å²) in [6.45, 7) is 5.62. The van der Waals surface area contributed by atoms with E-state index < -0.39 is 0 Å². The van der Waals surface area contributed by atoms with Crippen molar-refractivity contribution >= 4 is 11.9 Å². The van der Waals surface area contributed by atoms with E-state index in [1.165, 1.54) is 5.56 Å². The molecule has 1 amide bonds. The molecule has 1 saturated heterocycles. The topological polar surface area (TPSA) is 69.2 Å². The summed E-state index contributed by atoms with van der Waals surface area (Å²) in [5.41, 5.74) is 2.38. The van der Waals surface area contributed by atoms with Crippen molar-refractivity contribution in [1.29, 1.82) is 0 Å². The highest BCUT2D eigenvalue weighted by Gasteiger charge is 2.30. The zero-order chi connectivity index (χ0) is 21.2. The molecule has 1 aliphatic rings. The highest BCUT2D eigenvalue weighted by molar-refractivity contribution is 5.81. The molecule has 2 rings (SSSR count). The number of ether oxygens (including phenoxy) is 1. The smallest absolute Gasteiger partial charge is 0.239 e. The molecule has 1 aromatic carbocycles. The number of nitrogens with one attached hydrogen (secondary N) is 2. The van der Waals surface area contributed by atoms with Crippen molar-refractivity contribution in [2.24, 2.45) is 4.99 Å². The second kappa shape index (κ2) is 11.7. The first-order chi connectivity index (χ1) is 14.0. The predicted octanol–water partition coefficient (Wildman–Crippen LogP) is 1.65. The van der Waals surface area contributed by atoms with E-state index in [0.717, 1.165) is 69.1 Å². The highest BCUT2D eigenvalue weighted by atomic mass is 16.5. The third-order valence-corrected chi connectivity index (χ3v) is 5.41. The van der Waals surface area contributed by atoms with Gasteiger partial charge in [0.1, 0.15) is 5.75 Å². The summed E-state index contributed by atoms with van der Waals surface area (Å²) in [5.74, 6) is 1.96. The van der Waals surface area contributed by atoms with Gasteiger partial charge in [0.15, 0.2) is 5.96 Å². The van der Waals surface area contributed by atoms with Gasteiger partial charge in [-0.3, -0.25) is 14.7 Å². The molecule has 1 heterocycles. The Bertz CT molecular complexity index is 690. The third kappa shape index (κ3) is 6.92. The number of methoxy groups -OCH3 is 1. The summed E-state index contributed by atoms with van der Waals surface area (Å²) in [6, 6.07) is 6.37. The van der Waals surface area contributed by atoms with Gasteiger partial charge in [-0.25, -0.2) is 0 Å². The second-order valence-corrected chi connectivity index (χ2v) is 7.76. The van der Waals surface area contributed by atoms with Gasteiger partial charge in [0, 0.05) is 40.8 Å². The van der Waals surface area contributed by atoms with Crippen LogP contribution in [0.15, 0.2) is 23.2 Å². The monoisotopic (exact) mass is 403 g/mol. The van der Waals surface area contributed by atoms with Crippen LogP contribution in [-0.2, 0) is 11.2 Å². The van der Waals surface area contributed by atoms with E-state index >= 15 is 0 Å². The average Bonchev–Trinajstić information content (AvgIpc) is 3.18. The minimum atomic E-state index is 0.0499. The number of carbonyl (C=O) groups is 1. The number of rotatable bonds is 9. The Labute approximate surface area is 175 Å². The van der Waals surface area contributed by atoms with E-state index in [4.69, 9.17) is 4.74 Å². The molecule has 0 bridgehead atoms. The Morgan fingerprint density at radius 1 is 1.31 bits per heavy atom. The van der Waals surface area contributed by atoms with E-state index in [-0.39, 0.29) is 11.9 Å². The first kappa shape index (κ1) is 23.0. The summed E-state index contributed by atoms with van der Waals surface area (Å²) in [5, 5.41) is 6.73. The lowest BCUT2D eigenvalue weighted by Gasteiger charge is -2.26. The maximum absolute atomic E-state index is 12.3. The fourth-order valence-electron chi connectivity index (χ4n) is 3.73. The molecular weight excluding hydrogens is 366 g/mol. The molecule has 1 aromatic rings. The lowest BCUT2D eigenvalue weighted by Crippen LogP contribution is -2.44. The Balaban J connectivity index is 1.68. The maximum atomic E-state index is 12.3. The quantitative estimate of drug-likeness (QED) is 0.373. The van der Waals surface area contributed by atoms with Crippen LogP contribution in [0.2, 0.25) is 0 Å².